The zero-order chi connectivity index (χ0) is 11.9. The third kappa shape index (κ3) is 1.79. The van der Waals surface area contributed by atoms with E-state index in [2.05, 4.69) is 4.98 Å². The van der Waals surface area contributed by atoms with Gasteiger partial charge in [-0.1, -0.05) is 0 Å². The predicted molar refractivity (Wildman–Crippen MR) is 63.1 cm³/mol. The van der Waals surface area contributed by atoms with Crippen molar-refractivity contribution in [3.63, 3.8) is 0 Å². The Morgan fingerprint density at radius 2 is 1.94 bits per heavy atom. The summed E-state index contributed by atoms with van der Waals surface area (Å²) in [5.41, 5.74) is 1.87. The van der Waals surface area contributed by atoms with Crippen LogP contribution in [0.25, 0.3) is 10.9 Å². The Balaban J connectivity index is 3.01. The second-order valence-electron chi connectivity index (χ2n) is 3.75. The molecule has 0 aliphatic rings. The van der Waals surface area contributed by atoms with E-state index >= 15 is 0 Å². The number of nitrogens with one attached hydrogen (secondary N) is 1. The number of aromatic amines is 1. The third-order valence-corrected chi connectivity index (χ3v) is 3.15. The summed E-state index contributed by atoms with van der Waals surface area (Å²) in [5.74, 6) is 0. The molecule has 0 bridgehead atoms. The zero-order valence-corrected chi connectivity index (χ0v) is 9.72. The van der Waals surface area contributed by atoms with Crippen LogP contribution in [0.3, 0.4) is 0 Å². The molecule has 1 unspecified atom stereocenters. The van der Waals surface area contributed by atoms with Gasteiger partial charge >= 0.3 is 0 Å². The summed E-state index contributed by atoms with van der Waals surface area (Å²) in [6.07, 6.45) is 0. The van der Waals surface area contributed by atoms with Crippen molar-refractivity contribution >= 4 is 22.0 Å². The van der Waals surface area contributed by atoms with Gasteiger partial charge in [-0.25, -0.2) is 4.21 Å². The van der Waals surface area contributed by atoms with Gasteiger partial charge in [0.2, 0.25) is 5.56 Å². The van der Waals surface area contributed by atoms with Gasteiger partial charge in [0, 0.05) is 11.5 Å². The highest BCUT2D eigenvalue weighted by Crippen LogP contribution is 2.22. The molecular weight excluding hydrogens is 226 g/mol. The third-order valence-electron chi connectivity index (χ3n) is 2.46. The van der Waals surface area contributed by atoms with Crippen LogP contribution in [0.15, 0.2) is 27.9 Å². The molecule has 0 saturated carbocycles. The number of benzene rings is 1. The number of fused-ring (bicyclic) bond motifs is 1. The molecule has 0 aliphatic carbocycles. The van der Waals surface area contributed by atoms with Crippen LogP contribution in [0.2, 0.25) is 0 Å². The van der Waals surface area contributed by atoms with Crippen LogP contribution in [-0.2, 0) is 11.1 Å². The number of H-pyrrole nitrogens is 1. The summed E-state index contributed by atoms with van der Waals surface area (Å²) in [6.45, 7) is 3.65. The van der Waals surface area contributed by atoms with Crippen LogP contribution >= 0.6 is 0 Å². The molecule has 2 rings (SSSR count). The summed E-state index contributed by atoms with van der Waals surface area (Å²) in [4.78, 5) is 14.2. The van der Waals surface area contributed by atoms with Crippen LogP contribution in [-0.4, -0.2) is 13.7 Å². The standard InChI is InChI=1S/C11H11NO3S/c1-6-3-8-7(2)5-10(13)12-11(8)9(4-6)16(14)15/h3-5H,1-2H3,(H,12,13)(H,14,15). The maximum Gasteiger partial charge on any atom is 0.248 e. The van der Waals surface area contributed by atoms with Gasteiger partial charge in [0.25, 0.3) is 0 Å². The van der Waals surface area contributed by atoms with E-state index in [9.17, 15) is 13.6 Å². The fraction of sp³-hybridized carbons (Fsp3) is 0.182. The van der Waals surface area contributed by atoms with Crippen LogP contribution in [0.5, 0.6) is 0 Å². The van der Waals surface area contributed by atoms with Gasteiger partial charge in [-0.05, 0) is 37.1 Å². The minimum atomic E-state index is -2.10. The molecule has 84 valence electrons. The fourth-order valence-electron chi connectivity index (χ4n) is 1.76. The molecule has 16 heavy (non-hydrogen) atoms. The van der Waals surface area contributed by atoms with E-state index in [1.165, 1.54) is 6.07 Å². The second-order valence-corrected chi connectivity index (χ2v) is 4.69. The number of aromatic nitrogens is 1. The number of pyridine rings is 1. The van der Waals surface area contributed by atoms with Gasteiger partial charge in [-0.2, -0.15) is 0 Å². The van der Waals surface area contributed by atoms with E-state index < -0.39 is 11.1 Å². The summed E-state index contributed by atoms with van der Waals surface area (Å²) >= 11 is -2.10. The molecule has 1 heterocycles. The topological polar surface area (TPSA) is 70.2 Å². The lowest BCUT2D eigenvalue weighted by molar-refractivity contribution is 0.565. The lowest BCUT2D eigenvalue weighted by Crippen LogP contribution is -2.07. The molecule has 2 N–H and O–H groups in total. The predicted octanol–water partition coefficient (Wildman–Crippen LogP) is 1.73. The highest BCUT2D eigenvalue weighted by Gasteiger charge is 2.10. The maximum absolute atomic E-state index is 11.3. The molecule has 0 amide bonds. The van der Waals surface area contributed by atoms with Gasteiger partial charge in [0.15, 0.2) is 11.1 Å². The van der Waals surface area contributed by atoms with E-state index in [-0.39, 0.29) is 10.5 Å². The van der Waals surface area contributed by atoms with E-state index in [0.717, 1.165) is 16.5 Å². The first kappa shape index (κ1) is 11.0. The number of rotatable bonds is 1. The monoisotopic (exact) mass is 237 g/mol. The van der Waals surface area contributed by atoms with Gasteiger partial charge in [0.1, 0.15) is 0 Å². The Bertz CT molecular complexity index is 645. The second kappa shape index (κ2) is 3.84. The zero-order valence-electron chi connectivity index (χ0n) is 8.90. The van der Waals surface area contributed by atoms with Crippen molar-refractivity contribution in [1.29, 1.82) is 0 Å². The van der Waals surface area contributed by atoms with Crippen molar-refractivity contribution in [2.75, 3.05) is 0 Å². The van der Waals surface area contributed by atoms with E-state index in [1.807, 2.05) is 13.0 Å². The van der Waals surface area contributed by atoms with Crippen molar-refractivity contribution in [2.45, 2.75) is 18.7 Å². The summed E-state index contributed by atoms with van der Waals surface area (Å²) < 4.78 is 20.4. The van der Waals surface area contributed by atoms with Crippen molar-refractivity contribution in [1.82, 2.24) is 4.98 Å². The first-order chi connectivity index (χ1) is 7.49. The highest BCUT2D eigenvalue weighted by atomic mass is 32.2. The van der Waals surface area contributed by atoms with Crippen molar-refractivity contribution in [2.24, 2.45) is 0 Å². The smallest absolute Gasteiger partial charge is 0.248 e. The summed E-state index contributed by atoms with van der Waals surface area (Å²) in [6, 6.07) is 4.97. The van der Waals surface area contributed by atoms with Crippen LogP contribution in [0.1, 0.15) is 11.1 Å². The van der Waals surface area contributed by atoms with E-state index in [0.29, 0.717) is 5.52 Å². The average Bonchev–Trinajstić information content (AvgIpc) is 2.18. The Labute approximate surface area is 94.6 Å². The normalized spacial score (nSPS) is 12.9. The van der Waals surface area contributed by atoms with Gasteiger partial charge < -0.3 is 9.54 Å². The van der Waals surface area contributed by atoms with Crippen molar-refractivity contribution < 1.29 is 8.76 Å². The molecular formula is C11H11NO3S. The quantitative estimate of drug-likeness (QED) is 0.742. The minimum Gasteiger partial charge on any atom is -0.321 e. The Morgan fingerprint density at radius 3 is 2.56 bits per heavy atom. The minimum absolute atomic E-state index is 0.246. The molecule has 1 aromatic carbocycles. The molecule has 1 aromatic heterocycles. The van der Waals surface area contributed by atoms with Crippen LogP contribution in [0, 0.1) is 13.8 Å². The summed E-state index contributed by atoms with van der Waals surface area (Å²) in [5, 5.41) is 0.803. The molecule has 0 saturated heterocycles. The average molecular weight is 237 g/mol. The van der Waals surface area contributed by atoms with Crippen molar-refractivity contribution in [3.05, 3.63) is 39.7 Å². The van der Waals surface area contributed by atoms with Crippen LogP contribution in [0.4, 0.5) is 0 Å². The molecule has 0 aliphatic heterocycles. The Hall–Kier alpha value is -1.46. The molecule has 0 spiro atoms. The first-order valence-electron chi connectivity index (χ1n) is 4.74. The molecule has 5 heteroatoms. The molecule has 0 fully saturated rings. The van der Waals surface area contributed by atoms with Gasteiger partial charge in [-0.3, -0.25) is 4.79 Å². The van der Waals surface area contributed by atoms with E-state index in [4.69, 9.17) is 0 Å². The lowest BCUT2D eigenvalue weighted by Gasteiger charge is -2.06. The molecule has 1 atom stereocenters. The van der Waals surface area contributed by atoms with Gasteiger partial charge in [-0.15, -0.1) is 0 Å². The molecule has 4 nitrogen and oxygen atoms in total. The number of aryl methyl sites for hydroxylation is 2. The fourth-order valence-corrected chi connectivity index (χ4v) is 2.39. The SMILES string of the molecule is Cc1cc(S(=O)O)c2[nH]c(=O)cc(C)c2c1. The Kier molecular flexibility index (Phi) is 2.65. The number of hydrogen-bond donors (Lipinski definition) is 2. The lowest BCUT2D eigenvalue weighted by atomic mass is 10.1. The molecule has 0 radical (unpaired) electrons. The first-order valence-corrected chi connectivity index (χ1v) is 5.85. The van der Waals surface area contributed by atoms with Crippen molar-refractivity contribution in [3.8, 4) is 0 Å². The highest BCUT2D eigenvalue weighted by molar-refractivity contribution is 7.79. The maximum atomic E-state index is 11.3. The largest absolute Gasteiger partial charge is 0.321 e. The Morgan fingerprint density at radius 1 is 1.25 bits per heavy atom. The van der Waals surface area contributed by atoms with Gasteiger partial charge in [0.05, 0.1) is 10.4 Å². The van der Waals surface area contributed by atoms with E-state index in [1.54, 1.807) is 13.0 Å². The summed E-state index contributed by atoms with van der Waals surface area (Å²) in [7, 11) is 0. The molecule has 2 aromatic rings. The number of hydrogen-bond acceptors (Lipinski definition) is 2. The van der Waals surface area contributed by atoms with Crippen LogP contribution < -0.4 is 5.56 Å².